The van der Waals surface area contributed by atoms with Gasteiger partial charge in [-0.3, -0.25) is 9.89 Å². The highest BCUT2D eigenvalue weighted by Gasteiger charge is 2.17. The maximum Gasteiger partial charge on any atom is 0.261 e. The second-order valence-corrected chi connectivity index (χ2v) is 6.10. The Balaban J connectivity index is 1.79. The number of aromatic amines is 1. The molecule has 0 fully saturated rings. The zero-order valence-electron chi connectivity index (χ0n) is 13.8. The number of fused-ring (bicyclic) bond motifs is 1. The Morgan fingerprint density at radius 2 is 2.04 bits per heavy atom. The van der Waals surface area contributed by atoms with Gasteiger partial charge < -0.3 is 14.7 Å². The molecule has 25 heavy (non-hydrogen) atoms. The van der Waals surface area contributed by atoms with Gasteiger partial charge in [0, 0.05) is 25.0 Å². The number of benzene rings is 1. The Morgan fingerprint density at radius 3 is 2.76 bits per heavy atom. The molecule has 6 heteroatoms. The van der Waals surface area contributed by atoms with Crippen LogP contribution in [0.3, 0.4) is 0 Å². The zero-order valence-corrected chi connectivity index (χ0v) is 13.8. The van der Waals surface area contributed by atoms with Crippen molar-refractivity contribution in [2.45, 2.75) is 12.8 Å². The van der Waals surface area contributed by atoms with Crippen molar-refractivity contribution in [3.05, 3.63) is 70.3 Å². The maximum atomic E-state index is 12.5. The van der Waals surface area contributed by atoms with Crippen LogP contribution in [-0.2, 0) is 19.9 Å². The summed E-state index contributed by atoms with van der Waals surface area (Å²) in [6.45, 7) is 0. The predicted molar refractivity (Wildman–Crippen MR) is 97.3 cm³/mol. The minimum Gasteiger partial charge on any atom is -0.454 e. The first-order valence-electron chi connectivity index (χ1n) is 8.09. The number of hydrogen-bond donors (Lipinski definition) is 2. The van der Waals surface area contributed by atoms with E-state index in [4.69, 9.17) is 10.2 Å². The predicted octanol–water partition coefficient (Wildman–Crippen LogP) is 2.89. The summed E-state index contributed by atoms with van der Waals surface area (Å²) in [5, 5.41) is 7.36. The fraction of sp³-hybridized carbons (Fsp3) is 0.158. The van der Waals surface area contributed by atoms with Crippen LogP contribution in [0.1, 0.15) is 11.1 Å². The van der Waals surface area contributed by atoms with Crippen LogP contribution in [0.15, 0.2) is 58.0 Å². The van der Waals surface area contributed by atoms with Crippen molar-refractivity contribution in [1.82, 2.24) is 14.8 Å². The zero-order chi connectivity index (χ0) is 17.4. The number of hydrogen-bond acceptors (Lipinski definition) is 4. The van der Waals surface area contributed by atoms with Crippen molar-refractivity contribution in [2.24, 2.45) is 7.05 Å². The molecule has 0 unspecified atom stereocenters. The van der Waals surface area contributed by atoms with Gasteiger partial charge in [-0.2, -0.15) is 5.10 Å². The number of aryl methyl sites for hydroxylation is 3. The van der Waals surface area contributed by atoms with Crippen molar-refractivity contribution in [3.63, 3.8) is 0 Å². The molecule has 0 saturated carbocycles. The topological polar surface area (TPSA) is 89.8 Å². The second-order valence-electron chi connectivity index (χ2n) is 6.10. The third-order valence-corrected chi connectivity index (χ3v) is 4.35. The first kappa shape index (κ1) is 15.3. The van der Waals surface area contributed by atoms with E-state index in [1.165, 1.54) is 5.56 Å². The molecular formula is C19H18N4O2. The summed E-state index contributed by atoms with van der Waals surface area (Å²) in [6.07, 6.45) is 5.08. The van der Waals surface area contributed by atoms with Gasteiger partial charge in [0.25, 0.3) is 5.56 Å². The van der Waals surface area contributed by atoms with Gasteiger partial charge in [0.1, 0.15) is 5.58 Å². The van der Waals surface area contributed by atoms with E-state index in [0.717, 1.165) is 18.4 Å². The van der Waals surface area contributed by atoms with Crippen LogP contribution in [0.2, 0.25) is 0 Å². The molecule has 3 aromatic heterocycles. The van der Waals surface area contributed by atoms with Crippen LogP contribution in [-0.4, -0.2) is 14.8 Å². The molecule has 0 aliphatic rings. The molecule has 4 rings (SSSR count). The lowest BCUT2D eigenvalue weighted by molar-refractivity contribution is 0.620. The normalized spacial score (nSPS) is 11.2. The first-order chi connectivity index (χ1) is 12.1. The molecule has 0 atom stereocenters. The molecule has 0 saturated heterocycles. The third kappa shape index (κ3) is 2.71. The van der Waals surface area contributed by atoms with Gasteiger partial charge in [-0.25, -0.2) is 0 Å². The summed E-state index contributed by atoms with van der Waals surface area (Å²) < 4.78 is 7.57. The lowest BCUT2D eigenvalue weighted by Crippen LogP contribution is -2.16. The van der Waals surface area contributed by atoms with Crippen molar-refractivity contribution in [3.8, 4) is 11.5 Å². The van der Waals surface area contributed by atoms with Crippen LogP contribution in [0.4, 0.5) is 5.69 Å². The summed E-state index contributed by atoms with van der Waals surface area (Å²) in [6, 6.07) is 12.0. The van der Waals surface area contributed by atoms with E-state index in [1.807, 2.05) is 24.4 Å². The Bertz CT molecular complexity index is 1090. The standard InChI is InChI=1S/C19H18N4O2/c1-23-11-13(8-7-12-5-3-2-4-6-12)18-14(19(23)24)9-16(25-18)17-15(20)10-21-22-17/h2-6,9-11H,7-8,20H2,1H3,(H,21,22). The van der Waals surface area contributed by atoms with Crippen LogP contribution in [0, 0.1) is 0 Å². The van der Waals surface area contributed by atoms with Crippen LogP contribution in [0.5, 0.6) is 0 Å². The Hall–Kier alpha value is -3.28. The van der Waals surface area contributed by atoms with E-state index < -0.39 is 0 Å². The molecule has 0 amide bonds. The fourth-order valence-electron chi connectivity index (χ4n) is 3.04. The summed E-state index contributed by atoms with van der Waals surface area (Å²) in [5.74, 6) is 0.498. The summed E-state index contributed by atoms with van der Waals surface area (Å²) in [7, 11) is 1.75. The van der Waals surface area contributed by atoms with Crippen LogP contribution >= 0.6 is 0 Å². The highest BCUT2D eigenvalue weighted by molar-refractivity contribution is 5.85. The van der Waals surface area contributed by atoms with E-state index in [-0.39, 0.29) is 5.56 Å². The molecule has 4 aromatic rings. The average molecular weight is 334 g/mol. The molecule has 3 heterocycles. The number of nitrogens with zero attached hydrogens (tertiary/aromatic N) is 2. The number of rotatable bonds is 4. The van der Waals surface area contributed by atoms with Crippen LogP contribution < -0.4 is 11.3 Å². The first-order valence-corrected chi connectivity index (χ1v) is 8.09. The molecule has 1 aromatic carbocycles. The minimum absolute atomic E-state index is 0.0948. The number of aromatic nitrogens is 3. The maximum absolute atomic E-state index is 12.5. The van der Waals surface area contributed by atoms with Crippen molar-refractivity contribution >= 4 is 16.7 Å². The molecule has 126 valence electrons. The number of nitrogens with one attached hydrogen (secondary N) is 1. The average Bonchev–Trinajstić information content (AvgIpc) is 3.24. The van der Waals surface area contributed by atoms with Crippen molar-refractivity contribution < 1.29 is 4.42 Å². The van der Waals surface area contributed by atoms with Gasteiger partial charge in [-0.15, -0.1) is 0 Å². The number of H-pyrrole nitrogens is 1. The molecule has 6 nitrogen and oxygen atoms in total. The molecule has 3 N–H and O–H groups in total. The Labute approximate surface area is 143 Å². The summed E-state index contributed by atoms with van der Waals surface area (Å²) >= 11 is 0. The molecule has 0 bridgehead atoms. The number of furan rings is 1. The van der Waals surface area contributed by atoms with Gasteiger partial charge in [0.15, 0.2) is 11.5 Å². The smallest absolute Gasteiger partial charge is 0.261 e. The summed E-state index contributed by atoms with van der Waals surface area (Å²) in [4.78, 5) is 12.5. The van der Waals surface area contributed by atoms with Crippen LogP contribution in [0.25, 0.3) is 22.4 Å². The highest BCUT2D eigenvalue weighted by Crippen LogP contribution is 2.30. The minimum atomic E-state index is -0.0948. The number of nitrogens with two attached hydrogens (primary N) is 1. The number of anilines is 1. The number of pyridine rings is 1. The van der Waals surface area contributed by atoms with Crippen molar-refractivity contribution in [2.75, 3.05) is 5.73 Å². The molecule has 0 radical (unpaired) electrons. The Kier molecular flexibility index (Phi) is 3.65. The lowest BCUT2D eigenvalue weighted by Gasteiger charge is -2.06. The van der Waals surface area contributed by atoms with E-state index in [2.05, 4.69) is 22.3 Å². The van der Waals surface area contributed by atoms with E-state index in [0.29, 0.717) is 28.1 Å². The largest absolute Gasteiger partial charge is 0.454 e. The lowest BCUT2D eigenvalue weighted by atomic mass is 10.0. The van der Waals surface area contributed by atoms with Gasteiger partial charge in [-0.05, 0) is 24.5 Å². The third-order valence-electron chi connectivity index (χ3n) is 4.35. The van der Waals surface area contributed by atoms with Gasteiger partial charge in [-0.1, -0.05) is 30.3 Å². The second kappa shape index (κ2) is 5.98. The Morgan fingerprint density at radius 1 is 1.24 bits per heavy atom. The van der Waals surface area contributed by atoms with Gasteiger partial charge in [0.2, 0.25) is 0 Å². The quantitative estimate of drug-likeness (QED) is 0.600. The van der Waals surface area contributed by atoms with E-state index in [9.17, 15) is 4.79 Å². The molecule has 0 aliphatic carbocycles. The molecule has 0 spiro atoms. The number of nitrogen functional groups attached to an aromatic ring is 1. The van der Waals surface area contributed by atoms with Gasteiger partial charge in [0.05, 0.1) is 11.1 Å². The van der Waals surface area contributed by atoms with E-state index >= 15 is 0 Å². The monoisotopic (exact) mass is 334 g/mol. The SMILES string of the molecule is Cn1cc(CCc2ccccc2)c2oc(-c3n[nH]cc3N)cc2c1=O. The molecular weight excluding hydrogens is 316 g/mol. The highest BCUT2D eigenvalue weighted by atomic mass is 16.3. The fourth-order valence-corrected chi connectivity index (χ4v) is 3.04. The van der Waals surface area contributed by atoms with E-state index in [1.54, 1.807) is 23.9 Å². The summed E-state index contributed by atoms with van der Waals surface area (Å²) in [5.41, 5.74) is 9.65. The molecule has 0 aliphatic heterocycles. The van der Waals surface area contributed by atoms with Gasteiger partial charge >= 0.3 is 0 Å². The van der Waals surface area contributed by atoms with Crippen molar-refractivity contribution in [1.29, 1.82) is 0 Å².